The fourth-order valence-corrected chi connectivity index (χ4v) is 2.53. The van der Waals surface area contributed by atoms with Gasteiger partial charge in [0.2, 0.25) is 0 Å². The van der Waals surface area contributed by atoms with Crippen molar-refractivity contribution in [3.05, 3.63) is 52.8 Å². The molecule has 0 fully saturated rings. The summed E-state index contributed by atoms with van der Waals surface area (Å²) in [5.41, 5.74) is 2.38. The van der Waals surface area contributed by atoms with E-state index in [0.717, 1.165) is 28.8 Å². The van der Waals surface area contributed by atoms with E-state index in [0.29, 0.717) is 12.2 Å². The summed E-state index contributed by atoms with van der Waals surface area (Å²) in [6.45, 7) is 1.56. The number of carbonyl (C=O) groups is 1. The van der Waals surface area contributed by atoms with Gasteiger partial charge in [-0.15, -0.1) is 0 Å². The third-order valence-electron chi connectivity index (χ3n) is 3.26. The zero-order valence-electron chi connectivity index (χ0n) is 10.8. The molecule has 0 radical (unpaired) electrons. The molecule has 0 atom stereocenters. The molecule has 3 rings (SSSR count). The third-order valence-corrected chi connectivity index (χ3v) is 3.73. The Morgan fingerprint density at radius 2 is 2.10 bits per heavy atom. The lowest BCUT2D eigenvalue weighted by Crippen LogP contribution is -2.32. The van der Waals surface area contributed by atoms with E-state index in [2.05, 4.69) is 26.2 Å². The van der Waals surface area contributed by atoms with Gasteiger partial charge in [0.05, 0.1) is 11.4 Å². The Bertz CT molecular complexity index is 627. The summed E-state index contributed by atoms with van der Waals surface area (Å²) >= 11 is 3.33. The van der Waals surface area contributed by atoms with Crippen molar-refractivity contribution in [2.75, 3.05) is 23.3 Å². The maximum absolute atomic E-state index is 12.6. The van der Waals surface area contributed by atoms with Crippen LogP contribution in [0.3, 0.4) is 0 Å². The van der Waals surface area contributed by atoms with Crippen molar-refractivity contribution in [1.82, 2.24) is 4.98 Å². The number of hydrogen-bond acceptors (Lipinski definition) is 3. The molecule has 0 aliphatic carbocycles. The minimum atomic E-state index is -0.0614. The summed E-state index contributed by atoms with van der Waals surface area (Å²) in [6.07, 6.45) is 2.56. The van der Waals surface area contributed by atoms with Gasteiger partial charge in [0.15, 0.2) is 0 Å². The van der Waals surface area contributed by atoms with Crippen LogP contribution in [0.4, 0.5) is 11.4 Å². The van der Waals surface area contributed by atoms with Crippen LogP contribution in [0.2, 0.25) is 0 Å². The van der Waals surface area contributed by atoms with Gasteiger partial charge in [-0.1, -0.05) is 12.1 Å². The normalized spacial score (nSPS) is 14.2. The Kier molecular flexibility index (Phi) is 3.69. The van der Waals surface area contributed by atoms with E-state index < -0.39 is 0 Å². The summed E-state index contributed by atoms with van der Waals surface area (Å²) in [7, 11) is 0. The van der Waals surface area contributed by atoms with Crippen LogP contribution in [0.5, 0.6) is 0 Å². The third kappa shape index (κ3) is 2.54. The lowest BCUT2D eigenvalue weighted by molar-refractivity contribution is 0.0982. The fourth-order valence-electron chi connectivity index (χ4n) is 2.29. The van der Waals surface area contributed by atoms with E-state index in [1.165, 1.54) is 0 Å². The van der Waals surface area contributed by atoms with Gasteiger partial charge in [-0.3, -0.25) is 4.79 Å². The minimum absolute atomic E-state index is 0.0614. The van der Waals surface area contributed by atoms with Crippen LogP contribution in [0.1, 0.15) is 16.9 Å². The average Bonchev–Trinajstić information content (AvgIpc) is 2.69. The first-order chi connectivity index (χ1) is 9.75. The van der Waals surface area contributed by atoms with E-state index in [4.69, 9.17) is 0 Å². The molecule has 0 bridgehead atoms. The van der Waals surface area contributed by atoms with Crippen molar-refractivity contribution in [3.8, 4) is 0 Å². The second-order valence-electron chi connectivity index (χ2n) is 4.62. The molecule has 2 aromatic rings. The van der Waals surface area contributed by atoms with Gasteiger partial charge < -0.3 is 10.2 Å². The van der Waals surface area contributed by atoms with Crippen molar-refractivity contribution >= 4 is 33.2 Å². The highest BCUT2D eigenvalue weighted by atomic mass is 79.9. The fraction of sp³-hybridized carbons (Fsp3) is 0.200. The van der Waals surface area contributed by atoms with Crippen LogP contribution in [-0.4, -0.2) is 24.0 Å². The molecule has 1 aliphatic heterocycles. The van der Waals surface area contributed by atoms with Crippen molar-refractivity contribution in [3.63, 3.8) is 0 Å². The molecule has 1 aliphatic rings. The van der Waals surface area contributed by atoms with Gasteiger partial charge in [0.25, 0.3) is 5.91 Å². The number of halogens is 1. The Hall–Kier alpha value is -1.88. The van der Waals surface area contributed by atoms with Crippen LogP contribution < -0.4 is 10.2 Å². The number of para-hydroxylation sites is 2. The highest BCUT2D eigenvalue weighted by Gasteiger charge is 2.22. The van der Waals surface area contributed by atoms with Gasteiger partial charge >= 0.3 is 0 Å². The van der Waals surface area contributed by atoms with Crippen LogP contribution in [-0.2, 0) is 0 Å². The maximum Gasteiger partial charge on any atom is 0.276 e. The van der Waals surface area contributed by atoms with Gasteiger partial charge in [-0.05, 0) is 46.6 Å². The lowest BCUT2D eigenvalue weighted by atomic mass is 10.2. The number of aromatic nitrogens is 1. The summed E-state index contributed by atoms with van der Waals surface area (Å²) in [6, 6.07) is 11.5. The van der Waals surface area contributed by atoms with Gasteiger partial charge in [-0.25, -0.2) is 4.98 Å². The summed E-state index contributed by atoms with van der Waals surface area (Å²) < 4.78 is 0.868. The number of nitrogens with one attached hydrogen (secondary N) is 1. The molecule has 0 spiro atoms. The van der Waals surface area contributed by atoms with E-state index in [1.807, 2.05) is 30.3 Å². The summed E-state index contributed by atoms with van der Waals surface area (Å²) in [5, 5.41) is 3.35. The van der Waals surface area contributed by atoms with Crippen molar-refractivity contribution in [1.29, 1.82) is 0 Å². The highest BCUT2D eigenvalue weighted by Crippen LogP contribution is 2.29. The molecular weight excluding hydrogens is 318 g/mol. The Morgan fingerprint density at radius 1 is 1.25 bits per heavy atom. The van der Waals surface area contributed by atoms with Crippen LogP contribution >= 0.6 is 15.9 Å². The van der Waals surface area contributed by atoms with E-state index in [-0.39, 0.29) is 5.91 Å². The second-order valence-corrected chi connectivity index (χ2v) is 5.53. The van der Waals surface area contributed by atoms with E-state index in [1.54, 1.807) is 17.2 Å². The number of hydrogen-bond donors (Lipinski definition) is 1. The second kappa shape index (κ2) is 5.63. The summed E-state index contributed by atoms with van der Waals surface area (Å²) in [5.74, 6) is -0.0614. The molecule has 102 valence electrons. The van der Waals surface area contributed by atoms with Crippen LogP contribution in [0.15, 0.2) is 47.1 Å². The first kappa shape index (κ1) is 13.1. The first-order valence-corrected chi connectivity index (χ1v) is 7.31. The number of anilines is 2. The van der Waals surface area contributed by atoms with Crippen LogP contribution in [0.25, 0.3) is 0 Å². The van der Waals surface area contributed by atoms with E-state index >= 15 is 0 Å². The zero-order chi connectivity index (χ0) is 13.9. The Balaban J connectivity index is 1.97. The largest absolute Gasteiger partial charge is 0.383 e. The molecule has 0 unspecified atom stereocenters. The first-order valence-electron chi connectivity index (χ1n) is 6.52. The highest BCUT2D eigenvalue weighted by molar-refractivity contribution is 9.10. The standard InChI is InChI=1S/C15H14BrN3O/c16-11-6-7-13(18-10-11)15(20)19-9-3-8-17-12-4-1-2-5-14(12)19/h1-2,4-7,10,17H,3,8-9H2. The number of carbonyl (C=O) groups excluding carboxylic acids is 1. The molecule has 1 aromatic heterocycles. The molecule has 0 saturated carbocycles. The number of pyridine rings is 1. The Morgan fingerprint density at radius 3 is 2.90 bits per heavy atom. The molecule has 5 heteroatoms. The van der Waals surface area contributed by atoms with Gasteiger partial charge in [-0.2, -0.15) is 0 Å². The molecule has 4 nitrogen and oxygen atoms in total. The number of fused-ring (bicyclic) bond motifs is 1. The molecular formula is C15H14BrN3O. The molecule has 1 aromatic carbocycles. The number of nitrogens with zero attached hydrogens (tertiary/aromatic N) is 2. The minimum Gasteiger partial charge on any atom is -0.383 e. The number of benzene rings is 1. The maximum atomic E-state index is 12.6. The topological polar surface area (TPSA) is 45.2 Å². The van der Waals surface area contributed by atoms with Crippen molar-refractivity contribution in [2.24, 2.45) is 0 Å². The quantitative estimate of drug-likeness (QED) is 0.871. The monoisotopic (exact) mass is 331 g/mol. The predicted molar refractivity (Wildman–Crippen MR) is 83.2 cm³/mol. The number of rotatable bonds is 1. The van der Waals surface area contributed by atoms with Gasteiger partial charge in [0.1, 0.15) is 5.69 Å². The number of amides is 1. The molecule has 20 heavy (non-hydrogen) atoms. The molecule has 2 heterocycles. The Labute approximate surface area is 126 Å². The SMILES string of the molecule is O=C(c1ccc(Br)cn1)N1CCCNc2ccccc21. The summed E-state index contributed by atoms with van der Waals surface area (Å²) in [4.78, 5) is 18.6. The predicted octanol–water partition coefficient (Wildman–Crippen LogP) is 3.31. The van der Waals surface area contributed by atoms with Crippen LogP contribution in [0, 0.1) is 0 Å². The van der Waals surface area contributed by atoms with Crippen molar-refractivity contribution in [2.45, 2.75) is 6.42 Å². The molecule has 1 N–H and O–H groups in total. The van der Waals surface area contributed by atoms with Crippen molar-refractivity contribution < 1.29 is 4.79 Å². The molecule has 0 saturated heterocycles. The average molecular weight is 332 g/mol. The zero-order valence-corrected chi connectivity index (χ0v) is 12.4. The molecule has 1 amide bonds. The lowest BCUT2D eigenvalue weighted by Gasteiger charge is -2.22. The van der Waals surface area contributed by atoms with Gasteiger partial charge in [0, 0.05) is 23.8 Å². The smallest absolute Gasteiger partial charge is 0.276 e. The van der Waals surface area contributed by atoms with E-state index in [9.17, 15) is 4.79 Å².